The van der Waals surface area contributed by atoms with Crippen LogP contribution in [0.2, 0.25) is 0 Å². The lowest BCUT2D eigenvalue weighted by Gasteiger charge is -2.01. The molecule has 0 aliphatic rings. The maximum Gasteiger partial charge on any atom is 0.287 e. The van der Waals surface area contributed by atoms with E-state index in [1.165, 1.54) is 0 Å². The summed E-state index contributed by atoms with van der Waals surface area (Å²) >= 11 is 0. The molecule has 2 aromatic heterocycles. The van der Waals surface area contributed by atoms with Gasteiger partial charge < -0.3 is 4.52 Å². The summed E-state index contributed by atoms with van der Waals surface area (Å²) in [6.07, 6.45) is 1.77. The molecule has 0 aliphatic carbocycles. The first-order valence-electron chi connectivity index (χ1n) is 6.20. The lowest BCUT2D eigenvalue weighted by Crippen LogP contribution is -2.30. The Morgan fingerprint density at radius 3 is 2.84 bits per heavy atom. The molecule has 0 atom stereocenters. The van der Waals surface area contributed by atoms with Crippen LogP contribution in [0.5, 0.6) is 0 Å². The Labute approximate surface area is 110 Å². The minimum Gasteiger partial charge on any atom is -0.359 e. The molecule has 102 valence electrons. The zero-order valence-electron chi connectivity index (χ0n) is 11.0. The van der Waals surface area contributed by atoms with Gasteiger partial charge in [-0.25, -0.2) is 5.84 Å². The van der Waals surface area contributed by atoms with Crippen molar-refractivity contribution in [2.75, 3.05) is 0 Å². The van der Waals surface area contributed by atoms with Crippen molar-refractivity contribution in [3.63, 3.8) is 0 Å². The summed E-state index contributed by atoms with van der Waals surface area (Å²) in [5.74, 6) is 5.13. The molecule has 0 radical (unpaired) electrons. The molecule has 1 amide bonds. The number of carbonyl (C=O) groups is 1. The van der Waals surface area contributed by atoms with Gasteiger partial charge in [0.1, 0.15) is 6.54 Å². The molecule has 2 heterocycles. The summed E-state index contributed by atoms with van der Waals surface area (Å²) < 4.78 is 6.97. The van der Waals surface area contributed by atoms with Gasteiger partial charge in [0, 0.05) is 11.8 Å². The Bertz CT molecular complexity index is 572. The van der Waals surface area contributed by atoms with Crippen LogP contribution in [0.4, 0.5) is 0 Å². The highest BCUT2D eigenvalue weighted by Crippen LogP contribution is 2.11. The fraction of sp³-hybridized carbons (Fsp3) is 0.417. The number of rotatable bonds is 5. The zero-order chi connectivity index (χ0) is 13.8. The van der Waals surface area contributed by atoms with E-state index < -0.39 is 5.91 Å². The van der Waals surface area contributed by atoms with Crippen molar-refractivity contribution >= 4 is 5.91 Å². The predicted octanol–water partition coefficient (Wildman–Crippen LogP) is 0.648. The van der Waals surface area contributed by atoms with E-state index >= 15 is 0 Å². The van der Waals surface area contributed by atoms with Crippen LogP contribution in [0.25, 0.3) is 0 Å². The van der Waals surface area contributed by atoms with E-state index in [1.807, 2.05) is 10.1 Å². The number of nitrogen functional groups attached to an aromatic ring is 1. The summed E-state index contributed by atoms with van der Waals surface area (Å²) in [5, 5.41) is 8.13. The van der Waals surface area contributed by atoms with Gasteiger partial charge in [-0.05, 0) is 18.9 Å². The molecule has 0 aromatic carbocycles. The summed E-state index contributed by atoms with van der Waals surface area (Å²) in [7, 11) is 0. The molecule has 7 nitrogen and oxygen atoms in total. The van der Waals surface area contributed by atoms with Gasteiger partial charge in [-0.2, -0.15) is 5.10 Å². The molecule has 0 bridgehead atoms. The number of nitrogens with two attached hydrogens (primary N) is 1. The van der Waals surface area contributed by atoms with E-state index in [0.29, 0.717) is 12.3 Å². The normalized spacial score (nSPS) is 10.7. The van der Waals surface area contributed by atoms with Crippen LogP contribution in [0.3, 0.4) is 0 Å². The van der Waals surface area contributed by atoms with Crippen LogP contribution in [0, 0.1) is 0 Å². The Balaban J connectivity index is 2.18. The number of aromatic nitrogens is 3. The highest BCUT2D eigenvalue weighted by molar-refractivity contribution is 5.91. The molecule has 0 saturated heterocycles. The smallest absolute Gasteiger partial charge is 0.287 e. The molecule has 0 aliphatic heterocycles. The number of hydrogen-bond acceptors (Lipinski definition) is 5. The van der Waals surface area contributed by atoms with Crippen molar-refractivity contribution in [1.29, 1.82) is 0 Å². The maximum absolute atomic E-state index is 11.3. The molecule has 0 spiro atoms. The molecule has 0 fully saturated rings. The van der Waals surface area contributed by atoms with Crippen molar-refractivity contribution in [2.24, 2.45) is 5.84 Å². The van der Waals surface area contributed by atoms with Gasteiger partial charge in [0.25, 0.3) is 5.91 Å². The van der Waals surface area contributed by atoms with Crippen molar-refractivity contribution in [1.82, 2.24) is 20.4 Å². The lowest BCUT2D eigenvalue weighted by molar-refractivity contribution is 0.0944. The Kier molecular flexibility index (Phi) is 3.96. The largest absolute Gasteiger partial charge is 0.359 e. The number of aryl methyl sites for hydroxylation is 2. The maximum atomic E-state index is 11.3. The summed E-state index contributed by atoms with van der Waals surface area (Å²) in [4.78, 5) is 11.3. The monoisotopic (exact) mass is 263 g/mol. The van der Waals surface area contributed by atoms with Gasteiger partial charge >= 0.3 is 0 Å². The summed E-state index contributed by atoms with van der Waals surface area (Å²) in [5.41, 5.74) is 4.34. The molecule has 0 unspecified atom stereocenters. The lowest BCUT2D eigenvalue weighted by atomic mass is 10.2. The molecule has 2 rings (SSSR count). The molecule has 0 saturated carbocycles. The van der Waals surface area contributed by atoms with Gasteiger partial charge in [0.05, 0.1) is 5.69 Å². The third kappa shape index (κ3) is 2.82. The minimum atomic E-state index is -0.472. The molecule has 19 heavy (non-hydrogen) atoms. The first-order chi connectivity index (χ1) is 9.17. The summed E-state index contributed by atoms with van der Waals surface area (Å²) in [6.45, 7) is 4.58. The van der Waals surface area contributed by atoms with E-state index in [4.69, 9.17) is 10.4 Å². The Morgan fingerprint density at radius 2 is 2.21 bits per heavy atom. The first kappa shape index (κ1) is 13.3. The minimum absolute atomic E-state index is 0.165. The van der Waals surface area contributed by atoms with E-state index in [1.54, 1.807) is 6.07 Å². The fourth-order valence-electron chi connectivity index (χ4n) is 1.83. The molecule has 3 N–H and O–H groups in total. The second-order valence-electron chi connectivity index (χ2n) is 4.14. The molecular formula is C12H17N5O2. The fourth-order valence-corrected chi connectivity index (χ4v) is 1.83. The first-order valence-corrected chi connectivity index (χ1v) is 6.20. The average Bonchev–Trinajstić information content (AvgIpc) is 3.05. The molecule has 7 heteroatoms. The standard InChI is InChI=1S/C12H17N5O2/c1-3-8-5-9(4-2)17(15-8)7-10-6-11(16-19-10)12(18)14-13/h5-6H,3-4,7,13H2,1-2H3,(H,14,18). The van der Waals surface area contributed by atoms with Crippen molar-refractivity contribution < 1.29 is 9.32 Å². The third-order valence-corrected chi connectivity index (χ3v) is 2.87. The van der Waals surface area contributed by atoms with Crippen molar-refractivity contribution in [3.8, 4) is 0 Å². The van der Waals surface area contributed by atoms with Gasteiger partial charge in [-0.15, -0.1) is 0 Å². The number of amides is 1. The van der Waals surface area contributed by atoms with Crippen LogP contribution in [0.1, 0.15) is 41.5 Å². The predicted molar refractivity (Wildman–Crippen MR) is 68.2 cm³/mol. The van der Waals surface area contributed by atoms with E-state index in [0.717, 1.165) is 24.2 Å². The van der Waals surface area contributed by atoms with Crippen LogP contribution in [-0.2, 0) is 19.4 Å². The van der Waals surface area contributed by atoms with Crippen molar-refractivity contribution in [2.45, 2.75) is 33.2 Å². The number of nitrogens with zero attached hydrogens (tertiary/aromatic N) is 3. The number of nitrogens with one attached hydrogen (secondary N) is 1. The second kappa shape index (κ2) is 5.66. The summed E-state index contributed by atoms with van der Waals surface area (Å²) in [6, 6.07) is 3.64. The third-order valence-electron chi connectivity index (χ3n) is 2.87. The number of hydrazine groups is 1. The highest BCUT2D eigenvalue weighted by Gasteiger charge is 2.13. The van der Waals surface area contributed by atoms with Gasteiger partial charge in [-0.3, -0.25) is 14.9 Å². The number of carbonyl (C=O) groups excluding carboxylic acids is 1. The highest BCUT2D eigenvalue weighted by atomic mass is 16.5. The Morgan fingerprint density at radius 1 is 1.42 bits per heavy atom. The van der Waals surface area contributed by atoms with Gasteiger partial charge in [0.2, 0.25) is 0 Å². The molecule has 2 aromatic rings. The van der Waals surface area contributed by atoms with Crippen LogP contribution >= 0.6 is 0 Å². The van der Waals surface area contributed by atoms with Crippen LogP contribution < -0.4 is 11.3 Å². The molecular weight excluding hydrogens is 246 g/mol. The van der Waals surface area contributed by atoms with E-state index in [-0.39, 0.29) is 5.69 Å². The Hall–Kier alpha value is -2.15. The van der Waals surface area contributed by atoms with Crippen LogP contribution in [0.15, 0.2) is 16.7 Å². The number of hydrogen-bond donors (Lipinski definition) is 2. The second-order valence-corrected chi connectivity index (χ2v) is 4.14. The van der Waals surface area contributed by atoms with Crippen LogP contribution in [-0.4, -0.2) is 20.8 Å². The quantitative estimate of drug-likeness (QED) is 0.468. The average molecular weight is 263 g/mol. The van der Waals surface area contributed by atoms with Gasteiger partial charge in [0.15, 0.2) is 11.5 Å². The van der Waals surface area contributed by atoms with E-state index in [9.17, 15) is 4.79 Å². The van der Waals surface area contributed by atoms with E-state index in [2.05, 4.69) is 30.2 Å². The zero-order valence-corrected chi connectivity index (χ0v) is 11.0. The topological polar surface area (TPSA) is 99.0 Å². The SMILES string of the molecule is CCc1cc(CC)n(Cc2cc(C(=O)NN)no2)n1. The van der Waals surface area contributed by atoms with Gasteiger partial charge in [-0.1, -0.05) is 19.0 Å². The van der Waals surface area contributed by atoms with Crippen molar-refractivity contribution in [3.05, 3.63) is 35.0 Å².